The molecule has 5 nitrogen and oxygen atoms in total. The Morgan fingerprint density at radius 2 is 1.85 bits per heavy atom. The number of morpholine rings is 1. The van der Waals surface area contributed by atoms with Crippen molar-refractivity contribution in [3.8, 4) is 5.75 Å². The van der Waals surface area contributed by atoms with E-state index in [9.17, 15) is 13.2 Å². The fraction of sp³-hybridized carbons (Fsp3) is 0.375. The normalized spacial score (nSPS) is 18.0. The van der Waals surface area contributed by atoms with E-state index < -0.39 is 12.3 Å². The van der Waals surface area contributed by atoms with Crippen LogP contribution in [0.3, 0.4) is 0 Å². The van der Waals surface area contributed by atoms with Crippen LogP contribution in [0.5, 0.6) is 5.75 Å². The van der Waals surface area contributed by atoms with Crippen LogP contribution in [0.25, 0.3) is 0 Å². The first-order valence-corrected chi connectivity index (χ1v) is 8.41. The van der Waals surface area contributed by atoms with Crippen LogP contribution in [0, 0.1) is 0 Å². The second-order valence-electron chi connectivity index (χ2n) is 5.55. The number of rotatable bonds is 4. The highest BCUT2D eigenvalue weighted by Gasteiger charge is 2.43. The smallest absolute Gasteiger partial charge is 0.416 e. The number of alkyl halides is 3. The van der Waals surface area contributed by atoms with Gasteiger partial charge in [-0.3, -0.25) is 0 Å². The van der Waals surface area contributed by atoms with Crippen molar-refractivity contribution >= 4 is 29.2 Å². The summed E-state index contributed by atoms with van der Waals surface area (Å²) in [5.74, 6) is 0.538. The van der Waals surface area contributed by atoms with Gasteiger partial charge in [0.25, 0.3) is 0 Å². The Balaban J connectivity index is 1.63. The lowest BCUT2D eigenvalue weighted by Crippen LogP contribution is -2.49. The SMILES string of the molecule is FC(F)(F)[C@@H]1CN(c2ncc(OCc3c(Cl)cccc3Cl)cn2)CCO1. The Morgan fingerprint density at radius 3 is 2.46 bits per heavy atom. The summed E-state index contributed by atoms with van der Waals surface area (Å²) in [7, 11) is 0. The zero-order valence-corrected chi connectivity index (χ0v) is 14.9. The van der Waals surface area contributed by atoms with Crippen molar-refractivity contribution in [3.05, 3.63) is 46.2 Å². The predicted octanol–water partition coefficient (Wildman–Crippen LogP) is 4.13. The fourth-order valence-corrected chi connectivity index (χ4v) is 2.91. The van der Waals surface area contributed by atoms with Gasteiger partial charge in [0.2, 0.25) is 5.95 Å². The van der Waals surface area contributed by atoms with Crippen molar-refractivity contribution in [3.63, 3.8) is 0 Å². The van der Waals surface area contributed by atoms with Gasteiger partial charge in [0.15, 0.2) is 11.9 Å². The topological polar surface area (TPSA) is 47.5 Å². The van der Waals surface area contributed by atoms with Crippen LogP contribution < -0.4 is 9.64 Å². The van der Waals surface area contributed by atoms with Crippen LogP contribution in [-0.2, 0) is 11.3 Å². The van der Waals surface area contributed by atoms with Gasteiger partial charge in [0, 0.05) is 22.2 Å². The van der Waals surface area contributed by atoms with E-state index in [4.69, 9.17) is 32.7 Å². The maximum atomic E-state index is 12.8. The molecule has 140 valence electrons. The largest absolute Gasteiger partial charge is 0.486 e. The molecule has 1 fully saturated rings. The highest BCUT2D eigenvalue weighted by molar-refractivity contribution is 6.35. The van der Waals surface area contributed by atoms with Gasteiger partial charge in [-0.1, -0.05) is 29.3 Å². The lowest BCUT2D eigenvalue weighted by atomic mass is 10.2. The third-order valence-electron chi connectivity index (χ3n) is 3.77. The van der Waals surface area contributed by atoms with Crippen molar-refractivity contribution in [2.24, 2.45) is 0 Å². The maximum Gasteiger partial charge on any atom is 0.416 e. The Labute approximate surface area is 157 Å². The van der Waals surface area contributed by atoms with E-state index in [0.717, 1.165) is 0 Å². The third-order valence-corrected chi connectivity index (χ3v) is 4.48. The number of aromatic nitrogens is 2. The van der Waals surface area contributed by atoms with Gasteiger partial charge in [0.1, 0.15) is 6.61 Å². The number of hydrogen-bond donors (Lipinski definition) is 0. The average Bonchev–Trinajstić information content (AvgIpc) is 2.61. The average molecular weight is 408 g/mol. The number of ether oxygens (including phenoxy) is 2. The quantitative estimate of drug-likeness (QED) is 0.762. The molecule has 1 aromatic carbocycles. The summed E-state index contributed by atoms with van der Waals surface area (Å²) in [6, 6.07) is 5.12. The molecule has 0 N–H and O–H groups in total. The van der Waals surface area contributed by atoms with Crippen LogP contribution >= 0.6 is 23.2 Å². The first-order chi connectivity index (χ1) is 12.3. The molecule has 0 saturated carbocycles. The molecule has 0 unspecified atom stereocenters. The second kappa shape index (κ2) is 7.85. The fourth-order valence-electron chi connectivity index (χ4n) is 2.40. The van der Waals surface area contributed by atoms with E-state index in [2.05, 4.69) is 9.97 Å². The monoisotopic (exact) mass is 407 g/mol. The molecule has 1 aliphatic heterocycles. The zero-order chi connectivity index (χ0) is 18.7. The van der Waals surface area contributed by atoms with Crippen molar-refractivity contribution in [1.82, 2.24) is 9.97 Å². The van der Waals surface area contributed by atoms with Crippen LogP contribution in [-0.4, -0.2) is 41.9 Å². The second-order valence-corrected chi connectivity index (χ2v) is 6.37. The van der Waals surface area contributed by atoms with Crippen LogP contribution in [0.15, 0.2) is 30.6 Å². The molecular formula is C16H14Cl2F3N3O2. The first kappa shape index (κ1) is 19.0. The summed E-state index contributed by atoms with van der Waals surface area (Å²) in [6.45, 7) is 0.00661. The molecular weight excluding hydrogens is 394 g/mol. The van der Waals surface area contributed by atoms with Crippen LogP contribution in [0.2, 0.25) is 10.0 Å². The minimum absolute atomic E-state index is 0.0448. The predicted molar refractivity (Wildman–Crippen MR) is 90.8 cm³/mol. The standard InChI is InChI=1S/C16H14Cl2F3N3O2/c17-12-2-1-3-13(18)11(12)9-26-10-6-22-15(23-7-10)24-4-5-25-14(8-24)16(19,20)21/h1-3,6-7,14H,4-5,8-9H2/t14-/m0/s1. The maximum absolute atomic E-state index is 12.8. The molecule has 0 amide bonds. The van der Waals surface area contributed by atoms with Crippen molar-refractivity contribution < 1.29 is 22.6 Å². The number of nitrogens with zero attached hydrogens (tertiary/aromatic N) is 3. The van der Waals surface area contributed by atoms with E-state index in [0.29, 0.717) is 21.4 Å². The van der Waals surface area contributed by atoms with Crippen molar-refractivity contribution in [1.29, 1.82) is 0 Å². The van der Waals surface area contributed by atoms with Crippen LogP contribution in [0.1, 0.15) is 5.56 Å². The highest BCUT2D eigenvalue weighted by atomic mass is 35.5. The summed E-state index contributed by atoms with van der Waals surface area (Å²) < 4.78 is 48.7. The Hall–Kier alpha value is -1.77. The summed E-state index contributed by atoms with van der Waals surface area (Å²) in [5, 5.41) is 0.947. The molecule has 1 saturated heterocycles. The molecule has 10 heteroatoms. The van der Waals surface area contributed by atoms with E-state index in [-0.39, 0.29) is 32.3 Å². The first-order valence-electron chi connectivity index (χ1n) is 7.65. The van der Waals surface area contributed by atoms with Gasteiger partial charge in [-0.25, -0.2) is 9.97 Å². The van der Waals surface area contributed by atoms with E-state index in [1.165, 1.54) is 17.3 Å². The van der Waals surface area contributed by atoms with Gasteiger partial charge in [-0.2, -0.15) is 13.2 Å². The molecule has 1 atom stereocenters. The van der Waals surface area contributed by atoms with Gasteiger partial charge >= 0.3 is 6.18 Å². The molecule has 0 aliphatic carbocycles. The van der Waals surface area contributed by atoms with E-state index in [1.54, 1.807) is 18.2 Å². The number of hydrogen-bond acceptors (Lipinski definition) is 5. The highest BCUT2D eigenvalue weighted by Crippen LogP contribution is 2.28. The third kappa shape index (κ3) is 4.49. The summed E-state index contributed by atoms with van der Waals surface area (Å²) in [5.41, 5.74) is 0.626. The molecule has 3 rings (SSSR count). The molecule has 2 heterocycles. The Morgan fingerprint density at radius 1 is 1.19 bits per heavy atom. The minimum atomic E-state index is -4.42. The van der Waals surface area contributed by atoms with Gasteiger partial charge in [-0.05, 0) is 12.1 Å². The number of anilines is 1. The van der Waals surface area contributed by atoms with Gasteiger partial charge < -0.3 is 14.4 Å². The van der Waals surface area contributed by atoms with Crippen molar-refractivity contribution in [2.45, 2.75) is 18.9 Å². The van der Waals surface area contributed by atoms with Gasteiger partial charge in [-0.15, -0.1) is 0 Å². The summed E-state index contributed by atoms with van der Waals surface area (Å²) >= 11 is 12.1. The molecule has 1 aromatic heterocycles. The van der Waals surface area contributed by atoms with E-state index in [1.807, 2.05) is 0 Å². The van der Waals surface area contributed by atoms with Crippen molar-refractivity contribution in [2.75, 3.05) is 24.6 Å². The zero-order valence-electron chi connectivity index (χ0n) is 13.3. The Kier molecular flexibility index (Phi) is 5.74. The molecule has 0 bridgehead atoms. The number of halogens is 5. The molecule has 2 aromatic rings. The number of benzene rings is 1. The van der Waals surface area contributed by atoms with E-state index >= 15 is 0 Å². The molecule has 1 aliphatic rings. The lowest BCUT2D eigenvalue weighted by Gasteiger charge is -2.33. The summed E-state index contributed by atoms with van der Waals surface area (Å²) in [4.78, 5) is 9.58. The molecule has 0 radical (unpaired) electrons. The van der Waals surface area contributed by atoms with Crippen LogP contribution in [0.4, 0.5) is 19.1 Å². The lowest BCUT2D eigenvalue weighted by molar-refractivity contribution is -0.221. The molecule has 0 spiro atoms. The minimum Gasteiger partial charge on any atom is -0.486 e. The van der Waals surface area contributed by atoms with Gasteiger partial charge in [0.05, 0.1) is 25.5 Å². The Bertz CT molecular complexity index is 739. The summed E-state index contributed by atoms with van der Waals surface area (Å²) in [6.07, 6.45) is -3.48. The molecule has 26 heavy (non-hydrogen) atoms.